The normalized spacial score (nSPS) is 32.1. The quantitative estimate of drug-likeness (QED) is 0.783. The highest BCUT2D eigenvalue weighted by Crippen LogP contribution is 2.31. The standard InChI is InChI=1S/C13H24N2O.ClH/c1-10-8-11(4-6-14-10)12(16)15-7-5-13(2,3)9-15;/h10-11,14H,4-9H2,1-3H3;1H/t10-,11-;/m0./s1. The Morgan fingerprint density at radius 3 is 2.65 bits per heavy atom. The van der Waals surface area contributed by atoms with E-state index in [0.29, 0.717) is 17.4 Å². The SMILES string of the molecule is C[C@H]1C[C@@H](C(=O)N2CCC(C)(C)C2)CCN1.Cl. The molecule has 17 heavy (non-hydrogen) atoms. The van der Waals surface area contributed by atoms with Gasteiger partial charge in [-0.25, -0.2) is 0 Å². The highest BCUT2D eigenvalue weighted by atomic mass is 35.5. The van der Waals surface area contributed by atoms with Gasteiger partial charge in [0, 0.05) is 25.0 Å². The van der Waals surface area contributed by atoms with Crippen molar-refractivity contribution in [3.63, 3.8) is 0 Å². The van der Waals surface area contributed by atoms with Crippen LogP contribution in [0.15, 0.2) is 0 Å². The summed E-state index contributed by atoms with van der Waals surface area (Å²) < 4.78 is 0. The van der Waals surface area contributed by atoms with Gasteiger partial charge in [-0.05, 0) is 38.1 Å². The molecule has 0 unspecified atom stereocenters. The van der Waals surface area contributed by atoms with Crippen LogP contribution in [0.4, 0.5) is 0 Å². The summed E-state index contributed by atoms with van der Waals surface area (Å²) >= 11 is 0. The van der Waals surface area contributed by atoms with Gasteiger partial charge in [-0.1, -0.05) is 13.8 Å². The van der Waals surface area contributed by atoms with Gasteiger partial charge in [-0.3, -0.25) is 4.79 Å². The highest BCUT2D eigenvalue weighted by Gasteiger charge is 2.35. The Bertz CT molecular complexity index is 277. The molecular weight excluding hydrogens is 236 g/mol. The molecule has 0 aromatic heterocycles. The van der Waals surface area contributed by atoms with Gasteiger partial charge in [0.05, 0.1) is 0 Å². The van der Waals surface area contributed by atoms with Crippen molar-refractivity contribution in [2.45, 2.75) is 46.1 Å². The molecule has 3 nitrogen and oxygen atoms in total. The minimum Gasteiger partial charge on any atom is -0.342 e. The van der Waals surface area contributed by atoms with E-state index in [2.05, 4.69) is 31.0 Å². The number of carbonyl (C=O) groups excluding carboxylic acids is 1. The molecule has 2 atom stereocenters. The molecule has 2 saturated heterocycles. The molecular formula is C13H25ClN2O. The zero-order valence-corrected chi connectivity index (χ0v) is 12.0. The summed E-state index contributed by atoms with van der Waals surface area (Å²) in [5, 5.41) is 3.40. The first-order valence-electron chi connectivity index (χ1n) is 6.50. The van der Waals surface area contributed by atoms with Gasteiger partial charge in [0.25, 0.3) is 0 Å². The molecule has 0 spiro atoms. The maximum absolute atomic E-state index is 12.3. The van der Waals surface area contributed by atoms with Crippen LogP contribution in [0, 0.1) is 11.3 Å². The van der Waals surface area contributed by atoms with Crippen LogP contribution < -0.4 is 5.32 Å². The first-order chi connectivity index (χ1) is 7.48. The van der Waals surface area contributed by atoms with E-state index in [4.69, 9.17) is 0 Å². The zero-order valence-electron chi connectivity index (χ0n) is 11.2. The third-order valence-corrected chi connectivity index (χ3v) is 3.96. The smallest absolute Gasteiger partial charge is 0.225 e. The fourth-order valence-corrected chi connectivity index (χ4v) is 2.91. The Kier molecular flexibility index (Phi) is 4.85. The van der Waals surface area contributed by atoms with Crippen molar-refractivity contribution in [1.29, 1.82) is 0 Å². The number of likely N-dealkylation sites (tertiary alicyclic amines) is 1. The number of amides is 1. The lowest BCUT2D eigenvalue weighted by Crippen LogP contribution is -2.43. The molecule has 1 amide bonds. The number of hydrogen-bond donors (Lipinski definition) is 1. The molecule has 4 heteroatoms. The number of carbonyl (C=O) groups is 1. The minimum atomic E-state index is 0. The van der Waals surface area contributed by atoms with Crippen LogP contribution in [-0.2, 0) is 4.79 Å². The highest BCUT2D eigenvalue weighted by molar-refractivity contribution is 5.85. The van der Waals surface area contributed by atoms with E-state index in [9.17, 15) is 4.79 Å². The summed E-state index contributed by atoms with van der Waals surface area (Å²) in [6, 6.07) is 0.498. The van der Waals surface area contributed by atoms with Crippen molar-refractivity contribution in [2.24, 2.45) is 11.3 Å². The molecule has 2 aliphatic heterocycles. The maximum atomic E-state index is 12.3. The maximum Gasteiger partial charge on any atom is 0.225 e. The van der Waals surface area contributed by atoms with E-state index in [1.165, 1.54) is 0 Å². The van der Waals surface area contributed by atoms with E-state index in [0.717, 1.165) is 38.9 Å². The van der Waals surface area contributed by atoms with E-state index >= 15 is 0 Å². The fourth-order valence-electron chi connectivity index (χ4n) is 2.91. The molecule has 2 aliphatic rings. The topological polar surface area (TPSA) is 32.3 Å². The Morgan fingerprint density at radius 2 is 2.12 bits per heavy atom. The molecule has 100 valence electrons. The van der Waals surface area contributed by atoms with Crippen LogP contribution in [0.5, 0.6) is 0 Å². The van der Waals surface area contributed by atoms with Gasteiger partial charge in [0.1, 0.15) is 0 Å². The van der Waals surface area contributed by atoms with Gasteiger partial charge >= 0.3 is 0 Å². The second-order valence-electron chi connectivity index (χ2n) is 6.25. The Labute approximate surface area is 111 Å². The molecule has 0 radical (unpaired) electrons. The van der Waals surface area contributed by atoms with Crippen molar-refractivity contribution < 1.29 is 4.79 Å². The number of piperidine rings is 1. The van der Waals surface area contributed by atoms with Crippen molar-refractivity contribution in [3.05, 3.63) is 0 Å². The van der Waals surface area contributed by atoms with E-state index in [-0.39, 0.29) is 18.3 Å². The third kappa shape index (κ3) is 3.59. The van der Waals surface area contributed by atoms with Crippen LogP contribution in [0.1, 0.15) is 40.0 Å². The zero-order chi connectivity index (χ0) is 11.8. The average molecular weight is 261 g/mol. The second kappa shape index (κ2) is 5.57. The molecule has 1 N–H and O–H groups in total. The number of nitrogens with one attached hydrogen (secondary N) is 1. The molecule has 0 aromatic carbocycles. The Balaban J connectivity index is 0.00000144. The first kappa shape index (κ1) is 14.8. The van der Waals surface area contributed by atoms with Crippen molar-refractivity contribution >= 4 is 18.3 Å². The lowest BCUT2D eigenvalue weighted by Gasteiger charge is -2.30. The summed E-state index contributed by atoms with van der Waals surface area (Å²) in [5.74, 6) is 0.670. The largest absolute Gasteiger partial charge is 0.342 e. The summed E-state index contributed by atoms with van der Waals surface area (Å²) in [7, 11) is 0. The van der Waals surface area contributed by atoms with E-state index < -0.39 is 0 Å². The fraction of sp³-hybridized carbons (Fsp3) is 0.923. The third-order valence-electron chi connectivity index (χ3n) is 3.96. The Hall–Kier alpha value is -0.280. The van der Waals surface area contributed by atoms with Crippen LogP contribution in [0.25, 0.3) is 0 Å². The van der Waals surface area contributed by atoms with Crippen LogP contribution in [0.3, 0.4) is 0 Å². The number of nitrogens with zero attached hydrogens (tertiary/aromatic N) is 1. The van der Waals surface area contributed by atoms with Crippen molar-refractivity contribution in [2.75, 3.05) is 19.6 Å². The number of halogens is 1. The predicted octanol–water partition coefficient (Wildman–Crippen LogP) is 2.05. The lowest BCUT2D eigenvalue weighted by molar-refractivity contribution is -0.136. The number of rotatable bonds is 1. The van der Waals surface area contributed by atoms with Crippen LogP contribution >= 0.6 is 12.4 Å². The molecule has 0 aromatic rings. The molecule has 0 saturated carbocycles. The second-order valence-corrected chi connectivity index (χ2v) is 6.25. The van der Waals surface area contributed by atoms with Gasteiger partial charge in [-0.15, -0.1) is 12.4 Å². The predicted molar refractivity (Wildman–Crippen MR) is 72.4 cm³/mol. The van der Waals surface area contributed by atoms with Gasteiger partial charge in [0.2, 0.25) is 5.91 Å². The summed E-state index contributed by atoms with van der Waals surface area (Å²) in [6.07, 6.45) is 3.18. The van der Waals surface area contributed by atoms with E-state index in [1.807, 2.05) is 0 Å². The molecule has 2 rings (SSSR count). The lowest BCUT2D eigenvalue weighted by atomic mass is 9.91. The molecule has 0 aliphatic carbocycles. The minimum absolute atomic E-state index is 0. The van der Waals surface area contributed by atoms with Gasteiger partial charge in [0.15, 0.2) is 0 Å². The Morgan fingerprint density at radius 1 is 1.41 bits per heavy atom. The van der Waals surface area contributed by atoms with Crippen LogP contribution in [0.2, 0.25) is 0 Å². The van der Waals surface area contributed by atoms with Crippen molar-refractivity contribution in [1.82, 2.24) is 10.2 Å². The van der Waals surface area contributed by atoms with Crippen molar-refractivity contribution in [3.8, 4) is 0 Å². The summed E-state index contributed by atoms with van der Waals surface area (Å²) in [6.45, 7) is 9.59. The number of hydrogen-bond acceptors (Lipinski definition) is 2. The monoisotopic (exact) mass is 260 g/mol. The van der Waals surface area contributed by atoms with Gasteiger partial charge in [-0.2, -0.15) is 0 Å². The first-order valence-corrected chi connectivity index (χ1v) is 6.50. The van der Waals surface area contributed by atoms with Crippen LogP contribution in [-0.4, -0.2) is 36.5 Å². The van der Waals surface area contributed by atoms with E-state index in [1.54, 1.807) is 0 Å². The average Bonchev–Trinajstić information content (AvgIpc) is 2.58. The molecule has 2 fully saturated rings. The molecule has 0 bridgehead atoms. The summed E-state index contributed by atoms with van der Waals surface area (Å²) in [4.78, 5) is 14.4. The van der Waals surface area contributed by atoms with Gasteiger partial charge < -0.3 is 10.2 Å². The molecule has 2 heterocycles. The summed E-state index contributed by atoms with van der Waals surface area (Å²) in [5.41, 5.74) is 0.328.